The van der Waals surface area contributed by atoms with Crippen molar-refractivity contribution in [1.29, 1.82) is 0 Å². The summed E-state index contributed by atoms with van der Waals surface area (Å²) >= 11 is 7.51. The first-order valence-electron chi connectivity index (χ1n) is 4.64. The van der Waals surface area contributed by atoms with Crippen LogP contribution >= 0.6 is 23.4 Å². The summed E-state index contributed by atoms with van der Waals surface area (Å²) in [5.74, 6) is 0.910. The molecular formula is C10H12ClNOS. The lowest BCUT2D eigenvalue weighted by Gasteiger charge is -2.39. The van der Waals surface area contributed by atoms with Gasteiger partial charge in [-0.05, 0) is 17.7 Å². The van der Waals surface area contributed by atoms with Gasteiger partial charge in [0.1, 0.15) is 5.37 Å². The van der Waals surface area contributed by atoms with Gasteiger partial charge >= 0.3 is 0 Å². The van der Waals surface area contributed by atoms with Crippen molar-refractivity contribution in [2.75, 3.05) is 6.54 Å². The van der Waals surface area contributed by atoms with Crippen LogP contribution in [0.3, 0.4) is 0 Å². The largest absolute Gasteiger partial charge is 0.633 e. The van der Waals surface area contributed by atoms with E-state index in [-0.39, 0.29) is 5.37 Å². The standard InChI is InChI=1S/C10H12ClNOS/c11-9-3-1-8(2-4-9)7-14-10-5-6-12(10)13/h1-4,10,12H,5-7H2. The zero-order valence-corrected chi connectivity index (χ0v) is 9.27. The van der Waals surface area contributed by atoms with E-state index in [1.54, 1.807) is 11.8 Å². The monoisotopic (exact) mass is 229 g/mol. The third kappa shape index (κ3) is 2.42. The Hall–Kier alpha value is -0.220. The lowest BCUT2D eigenvalue weighted by molar-refractivity contribution is -0.902. The van der Waals surface area contributed by atoms with Gasteiger partial charge in [0.2, 0.25) is 0 Å². The Morgan fingerprint density at radius 2 is 2.14 bits per heavy atom. The van der Waals surface area contributed by atoms with E-state index in [9.17, 15) is 5.21 Å². The number of nitrogens with one attached hydrogen (secondary N) is 1. The molecule has 1 saturated heterocycles. The molecule has 1 fully saturated rings. The van der Waals surface area contributed by atoms with Crippen LogP contribution < -0.4 is 5.06 Å². The molecule has 2 unspecified atom stereocenters. The average Bonchev–Trinajstić information content (AvgIpc) is 2.19. The van der Waals surface area contributed by atoms with Gasteiger partial charge in [-0.25, -0.2) is 0 Å². The van der Waals surface area contributed by atoms with Crippen molar-refractivity contribution in [3.8, 4) is 0 Å². The number of hydroxylamine groups is 2. The van der Waals surface area contributed by atoms with E-state index < -0.39 is 0 Å². The summed E-state index contributed by atoms with van der Waals surface area (Å²) in [4.78, 5) is 0. The summed E-state index contributed by atoms with van der Waals surface area (Å²) < 4.78 is 0. The molecule has 1 aliphatic heterocycles. The smallest absolute Gasteiger partial charge is 0.139 e. The van der Waals surface area contributed by atoms with Crippen molar-refractivity contribution in [3.63, 3.8) is 0 Å². The molecule has 2 atom stereocenters. The number of halogens is 1. The van der Waals surface area contributed by atoms with Gasteiger partial charge in [0.05, 0.1) is 13.0 Å². The Morgan fingerprint density at radius 1 is 1.43 bits per heavy atom. The minimum atomic E-state index is 0.255. The summed E-state index contributed by atoms with van der Waals surface area (Å²) in [5.41, 5.74) is 1.24. The summed E-state index contributed by atoms with van der Waals surface area (Å²) in [6, 6.07) is 7.80. The predicted octanol–water partition coefficient (Wildman–Crippen LogP) is 1.69. The summed E-state index contributed by atoms with van der Waals surface area (Å²) in [7, 11) is 0. The van der Waals surface area contributed by atoms with Crippen molar-refractivity contribution in [2.45, 2.75) is 17.5 Å². The first-order valence-corrected chi connectivity index (χ1v) is 6.07. The van der Waals surface area contributed by atoms with Gasteiger partial charge in [-0.2, -0.15) is 0 Å². The molecule has 1 aromatic rings. The molecule has 1 aliphatic rings. The topological polar surface area (TPSA) is 27.5 Å². The fourth-order valence-electron chi connectivity index (χ4n) is 1.33. The Kier molecular flexibility index (Phi) is 3.34. The Morgan fingerprint density at radius 3 is 2.64 bits per heavy atom. The van der Waals surface area contributed by atoms with E-state index >= 15 is 0 Å². The number of hydrogen-bond donors (Lipinski definition) is 1. The van der Waals surface area contributed by atoms with E-state index in [1.807, 2.05) is 24.3 Å². The van der Waals surface area contributed by atoms with E-state index in [0.29, 0.717) is 5.06 Å². The van der Waals surface area contributed by atoms with E-state index in [1.165, 1.54) is 5.56 Å². The maximum Gasteiger partial charge on any atom is 0.139 e. The van der Waals surface area contributed by atoms with Crippen LogP contribution in [0.2, 0.25) is 5.02 Å². The average molecular weight is 230 g/mol. The molecule has 1 heterocycles. The maximum atomic E-state index is 11.1. The molecule has 2 nitrogen and oxygen atoms in total. The Balaban J connectivity index is 1.83. The molecule has 0 bridgehead atoms. The van der Waals surface area contributed by atoms with Crippen LogP contribution in [0.4, 0.5) is 0 Å². The zero-order valence-electron chi connectivity index (χ0n) is 7.70. The highest BCUT2D eigenvalue weighted by molar-refractivity contribution is 7.98. The van der Waals surface area contributed by atoms with Crippen LogP contribution in [0.15, 0.2) is 24.3 Å². The summed E-state index contributed by atoms with van der Waals surface area (Å²) in [5, 5.41) is 12.5. The van der Waals surface area contributed by atoms with Crippen molar-refractivity contribution in [2.24, 2.45) is 0 Å². The SMILES string of the molecule is [O-][NH+]1CCC1SCc1ccc(Cl)cc1. The molecule has 0 radical (unpaired) electrons. The van der Waals surface area contributed by atoms with Crippen LogP contribution in [0.1, 0.15) is 12.0 Å². The molecule has 1 N–H and O–H groups in total. The van der Waals surface area contributed by atoms with Gasteiger partial charge in [-0.15, -0.1) is 0 Å². The summed E-state index contributed by atoms with van der Waals surface area (Å²) in [6.45, 7) is 0.776. The fourth-order valence-corrected chi connectivity index (χ4v) is 2.63. The first-order chi connectivity index (χ1) is 6.75. The van der Waals surface area contributed by atoms with Gasteiger partial charge in [-0.1, -0.05) is 35.5 Å². The van der Waals surface area contributed by atoms with Gasteiger partial charge in [0.25, 0.3) is 0 Å². The minimum absolute atomic E-state index is 0.255. The second-order valence-corrected chi connectivity index (χ2v) is 5.06. The highest BCUT2D eigenvalue weighted by Gasteiger charge is 2.26. The van der Waals surface area contributed by atoms with Crippen molar-refractivity contribution in [1.82, 2.24) is 0 Å². The highest BCUT2D eigenvalue weighted by Crippen LogP contribution is 2.20. The minimum Gasteiger partial charge on any atom is -0.633 e. The molecule has 0 aliphatic carbocycles. The van der Waals surface area contributed by atoms with Gasteiger partial charge in [0.15, 0.2) is 0 Å². The second kappa shape index (κ2) is 4.53. The van der Waals surface area contributed by atoms with Crippen LogP contribution in [-0.4, -0.2) is 11.9 Å². The molecule has 76 valence electrons. The van der Waals surface area contributed by atoms with Crippen LogP contribution in [0.25, 0.3) is 0 Å². The van der Waals surface area contributed by atoms with E-state index in [0.717, 1.165) is 23.7 Å². The van der Waals surface area contributed by atoms with Crippen LogP contribution in [0, 0.1) is 5.21 Å². The normalized spacial score (nSPS) is 25.9. The third-order valence-corrected chi connectivity index (χ3v) is 4.03. The number of rotatable bonds is 3. The molecule has 0 aromatic heterocycles. The predicted molar refractivity (Wildman–Crippen MR) is 60.3 cm³/mol. The molecule has 0 saturated carbocycles. The third-order valence-electron chi connectivity index (χ3n) is 2.38. The van der Waals surface area contributed by atoms with Gasteiger partial charge in [0, 0.05) is 10.8 Å². The first kappa shape index (κ1) is 10.3. The molecule has 14 heavy (non-hydrogen) atoms. The number of thioether (sulfide) groups is 1. The molecular weight excluding hydrogens is 218 g/mol. The second-order valence-electron chi connectivity index (χ2n) is 3.43. The van der Waals surface area contributed by atoms with Crippen molar-refractivity contribution in [3.05, 3.63) is 40.1 Å². The number of hydrogen-bond acceptors (Lipinski definition) is 2. The molecule has 1 aromatic carbocycles. The Bertz CT molecular complexity index is 303. The quantitative estimate of drug-likeness (QED) is 0.799. The molecule has 0 spiro atoms. The van der Waals surface area contributed by atoms with Gasteiger partial charge in [-0.3, -0.25) is 0 Å². The number of benzene rings is 1. The molecule has 4 heteroatoms. The number of quaternary nitrogens is 1. The maximum absolute atomic E-state index is 11.1. The molecule has 2 rings (SSSR count). The van der Waals surface area contributed by atoms with Crippen molar-refractivity contribution >= 4 is 23.4 Å². The highest BCUT2D eigenvalue weighted by atomic mass is 35.5. The lowest BCUT2D eigenvalue weighted by Crippen LogP contribution is -3.17. The lowest BCUT2D eigenvalue weighted by atomic mass is 10.2. The molecule has 0 amide bonds. The fraction of sp³-hybridized carbons (Fsp3) is 0.400. The zero-order chi connectivity index (χ0) is 9.97. The van der Waals surface area contributed by atoms with E-state index in [4.69, 9.17) is 11.6 Å². The Labute approximate surface area is 92.8 Å². The van der Waals surface area contributed by atoms with Crippen LogP contribution in [-0.2, 0) is 5.75 Å². The van der Waals surface area contributed by atoms with Crippen molar-refractivity contribution < 1.29 is 5.06 Å². The van der Waals surface area contributed by atoms with Crippen LogP contribution in [0.5, 0.6) is 0 Å². The van der Waals surface area contributed by atoms with E-state index in [2.05, 4.69) is 0 Å². The van der Waals surface area contributed by atoms with Gasteiger partial charge < -0.3 is 10.3 Å². The summed E-state index contributed by atoms with van der Waals surface area (Å²) in [6.07, 6.45) is 1.05.